The van der Waals surface area contributed by atoms with E-state index in [0.29, 0.717) is 12.4 Å². The number of imidazole rings is 1. The second-order valence-electron chi connectivity index (χ2n) is 4.22. The predicted molar refractivity (Wildman–Crippen MR) is 68.3 cm³/mol. The summed E-state index contributed by atoms with van der Waals surface area (Å²) in [7, 11) is 0. The van der Waals surface area contributed by atoms with Crippen LogP contribution < -0.4 is 0 Å². The molecule has 2 aromatic heterocycles. The Morgan fingerprint density at radius 3 is 2.79 bits per heavy atom. The molecule has 0 spiro atoms. The van der Waals surface area contributed by atoms with Gasteiger partial charge in [0.25, 0.3) is 0 Å². The van der Waals surface area contributed by atoms with Crippen molar-refractivity contribution in [1.29, 1.82) is 0 Å². The molecule has 0 aliphatic rings. The van der Waals surface area contributed by atoms with Gasteiger partial charge < -0.3 is 14.2 Å². The number of benzene rings is 1. The maximum Gasteiger partial charge on any atom is 0.142 e. The summed E-state index contributed by atoms with van der Waals surface area (Å²) in [6.07, 6.45) is 4.26. The van der Waals surface area contributed by atoms with Crippen LogP contribution in [0.2, 0.25) is 0 Å². The van der Waals surface area contributed by atoms with Crippen molar-refractivity contribution in [2.24, 2.45) is 0 Å². The molecule has 0 bridgehead atoms. The highest BCUT2D eigenvalue weighted by atomic mass is 16.5. The molecule has 0 aliphatic carbocycles. The molecule has 19 heavy (non-hydrogen) atoms. The highest BCUT2D eigenvalue weighted by molar-refractivity contribution is 5.23. The number of hydrogen-bond acceptors (Lipinski definition) is 4. The smallest absolute Gasteiger partial charge is 0.142 e. The van der Waals surface area contributed by atoms with Crippen LogP contribution in [-0.2, 0) is 6.54 Å². The third-order valence-electron chi connectivity index (χ3n) is 2.93. The minimum atomic E-state index is -0.747. The summed E-state index contributed by atoms with van der Waals surface area (Å²) in [6, 6.07) is 11.2. The van der Waals surface area contributed by atoms with Gasteiger partial charge in [0.1, 0.15) is 23.9 Å². The quantitative estimate of drug-likeness (QED) is 0.774. The first kappa shape index (κ1) is 11.7. The summed E-state index contributed by atoms with van der Waals surface area (Å²) in [6.45, 7) is 0.524. The van der Waals surface area contributed by atoms with Gasteiger partial charge in [0.05, 0.1) is 6.54 Å². The Morgan fingerprint density at radius 1 is 1.21 bits per heavy atom. The zero-order chi connectivity index (χ0) is 13.1. The summed E-state index contributed by atoms with van der Waals surface area (Å²) in [5, 5.41) is 14.2. The Balaban J connectivity index is 1.88. The number of aliphatic hydroxyl groups is 1. The monoisotopic (exact) mass is 255 g/mol. The van der Waals surface area contributed by atoms with Crippen LogP contribution in [0.25, 0.3) is 0 Å². The van der Waals surface area contributed by atoms with Crippen LogP contribution in [0.3, 0.4) is 0 Å². The Morgan fingerprint density at radius 2 is 2.05 bits per heavy atom. The molecule has 0 saturated heterocycles. The van der Waals surface area contributed by atoms with Gasteiger partial charge in [-0.2, -0.15) is 0 Å². The molecule has 1 aromatic carbocycles. The van der Waals surface area contributed by atoms with Crippen molar-refractivity contribution in [3.05, 3.63) is 72.1 Å². The van der Waals surface area contributed by atoms with E-state index in [1.807, 2.05) is 41.1 Å². The lowest BCUT2D eigenvalue weighted by Gasteiger charge is -2.12. The Labute approximate surface area is 110 Å². The molecule has 96 valence electrons. The van der Waals surface area contributed by atoms with Crippen LogP contribution in [0.15, 0.2) is 59.6 Å². The summed E-state index contributed by atoms with van der Waals surface area (Å²) in [4.78, 5) is 4.23. The van der Waals surface area contributed by atoms with E-state index in [4.69, 9.17) is 4.52 Å². The summed E-state index contributed by atoms with van der Waals surface area (Å²) < 4.78 is 6.66. The molecule has 0 aliphatic heterocycles. The second-order valence-corrected chi connectivity index (χ2v) is 4.22. The van der Waals surface area contributed by atoms with Gasteiger partial charge >= 0.3 is 0 Å². The number of nitrogens with zero attached hydrogens (tertiary/aromatic N) is 3. The molecule has 0 saturated carbocycles. The van der Waals surface area contributed by atoms with Crippen molar-refractivity contribution in [3.8, 4) is 0 Å². The molecular formula is C14H13N3O2. The van der Waals surface area contributed by atoms with Gasteiger partial charge in [0.15, 0.2) is 0 Å². The van der Waals surface area contributed by atoms with Gasteiger partial charge in [-0.3, -0.25) is 0 Å². The largest absolute Gasteiger partial charge is 0.380 e. The van der Waals surface area contributed by atoms with Crippen LogP contribution >= 0.6 is 0 Å². The molecule has 3 rings (SSSR count). The van der Waals surface area contributed by atoms with Gasteiger partial charge in [-0.05, 0) is 5.56 Å². The maximum absolute atomic E-state index is 10.4. The Kier molecular flexibility index (Phi) is 3.12. The number of aromatic nitrogens is 3. The zero-order valence-corrected chi connectivity index (χ0v) is 10.2. The lowest BCUT2D eigenvalue weighted by Crippen LogP contribution is -2.10. The molecular weight excluding hydrogens is 242 g/mol. The first-order valence-electron chi connectivity index (χ1n) is 5.98. The second kappa shape index (κ2) is 5.07. The maximum atomic E-state index is 10.4. The standard InChI is InChI=1S/C14H13N3O2/c18-13(11-4-2-1-3-5-11)14-15-7-8-17(14)10-12-6-9-19-16-12/h1-9,13,18H,10H2/t13-/m0/s1. The van der Waals surface area contributed by atoms with E-state index in [9.17, 15) is 5.11 Å². The molecule has 5 heteroatoms. The average molecular weight is 255 g/mol. The molecule has 0 amide bonds. The summed E-state index contributed by atoms with van der Waals surface area (Å²) >= 11 is 0. The van der Waals surface area contributed by atoms with Crippen molar-refractivity contribution >= 4 is 0 Å². The van der Waals surface area contributed by atoms with Crippen LogP contribution in [-0.4, -0.2) is 19.8 Å². The number of rotatable bonds is 4. The van der Waals surface area contributed by atoms with Crippen LogP contribution in [0.4, 0.5) is 0 Å². The third kappa shape index (κ3) is 2.41. The molecule has 3 aromatic rings. The van der Waals surface area contributed by atoms with Crippen molar-refractivity contribution in [1.82, 2.24) is 14.7 Å². The van der Waals surface area contributed by atoms with E-state index in [1.54, 1.807) is 12.3 Å². The van der Waals surface area contributed by atoms with Gasteiger partial charge in [-0.1, -0.05) is 35.5 Å². The first-order valence-corrected chi connectivity index (χ1v) is 5.98. The van der Waals surface area contributed by atoms with Crippen molar-refractivity contribution in [2.45, 2.75) is 12.6 Å². The van der Waals surface area contributed by atoms with Gasteiger partial charge in [0, 0.05) is 18.5 Å². The molecule has 0 radical (unpaired) electrons. The van der Waals surface area contributed by atoms with Crippen molar-refractivity contribution in [2.75, 3.05) is 0 Å². The van der Waals surface area contributed by atoms with Crippen molar-refractivity contribution in [3.63, 3.8) is 0 Å². The molecule has 0 fully saturated rings. The fourth-order valence-corrected chi connectivity index (χ4v) is 1.98. The van der Waals surface area contributed by atoms with E-state index in [1.165, 1.54) is 6.26 Å². The van der Waals surface area contributed by atoms with E-state index >= 15 is 0 Å². The summed E-state index contributed by atoms with van der Waals surface area (Å²) in [5.74, 6) is 0.592. The molecule has 5 nitrogen and oxygen atoms in total. The Hall–Kier alpha value is -2.40. The minimum absolute atomic E-state index is 0.524. The SMILES string of the molecule is O[C@@H](c1ccccc1)c1nccn1Cc1ccon1. The number of hydrogen-bond donors (Lipinski definition) is 1. The van der Waals surface area contributed by atoms with Crippen LogP contribution in [0, 0.1) is 0 Å². The normalized spacial score (nSPS) is 12.5. The van der Waals surface area contributed by atoms with Gasteiger partial charge in [-0.15, -0.1) is 0 Å². The van der Waals surface area contributed by atoms with Gasteiger partial charge in [-0.25, -0.2) is 4.98 Å². The van der Waals surface area contributed by atoms with E-state index in [-0.39, 0.29) is 0 Å². The highest BCUT2D eigenvalue weighted by Gasteiger charge is 2.16. The van der Waals surface area contributed by atoms with Crippen LogP contribution in [0.1, 0.15) is 23.2 Å². The Bertz CT molecular complexity index is 632. The van der Waals surface area contributed by atoms with E-state index in [2.05, 4.69) is 10.1 Å². The van der Waals surface area contributed by atoms with Crippen molar-refractivity contribution < 1.29 is 9.63 Å². The fraction of sp³-hybridized carbons (Fsp3) is 0.143. The topological polar surface area (TPSA) is 64.1 Å². The molecule has 1 N–H and O–H groups in total. The first-order chi connectivity index (χ1) is 9.34. The third-order valence-corrected chi connectivity index (χ3v) is 2.93. The average Bonchev–Trinajstić information content (AvgIpc) is 3.11. The van der Waals surface area contributed by atoms with E-state index in [0.717, 1.165) is 11.3 Å². The molecule has 1 atom stereocenters. The summed E-state index contributed by atoms with van der Waals surface area (Å²) in [5.41, 5.74) is 1.61. The lowest BCUT2D eigenvalue weighted by atomic mass is 10.1. The zero-order valence-electron chi connectivity index (χ0n) is 10.2. The predicted octanol–water partition coefficient (Wildman–Crippen LogP) is 2.00. The highest BCUT2D eigenvalue weighted by Crippen LogP contribution is 2.20. The lowest BCUT2D eigenvalue weighted by molar-refractivity contribution is 0.205. The van der Waals surface area contributed by atoms with Gasteiger partial charge in [0.2, 0.25) is 0 Å². The molecule has 2 heterocycles. The number of aliphatic hydroxyl groups excluding tert-OH is 1. The van der Waals surface area contributed by atoms with Crippen LogP contribution in [0.5, 0.6) is 0 Å². The minimum Gasteiger partial charge on any atom is -0.380 e. The van der Waals surface area contributed by atoms with E-state index < -0.39 is 6.10 Å². The molecule has 0 unspecified atom stereocenters. The fourth-order valence-electron chi connectivity index (χ4n) is 1.98.